The first-order valence-electron chi connectivity index (χ1n) is 16.2. The number of anilines is 1. The van der Waals surface area contributed by atoms with Crippen LogP contribution < -0.4 is 9.62 Å². The monoisotopic (exact) mass is 705 g/mol. The smallest absolute Gasteiger partial charge is 0.264 e. The van der Waals surface area contributed by atoms with Gasteiger partial charge in [-0.05, 0) is 74.2 Å². The number of carbonyl (C=O) groups excluding carboxylic acids is 2. The molecule has 0 heterocycles. The van der Waals surface area contributed by atoms with E-state index in [1.54, 1.807) is 66.7 Å². The first-order valence-corrected chi connectivity index (χ1v) is 18.4. The molecule has 0 aliphatic heterocycles. The van der Waals surface area contributed by atoms with Crippen molar-refractivity contribution in [1.82, 2.24) is 10.2 Å². The second-order valence-electron chi connectivity index (χ2n) is 12.5. The molecule has 0 aromatic heterocycles. The lowest BCUT2D eigenvalue weighted by molar-refractivity contribution is -0.140. The normalized spacial score (nSPS) is 14.2. The molecule has 0 spiro atoms. The molecule has 7 nitrogen and oxygen atoms in total. The summed E-state index contributed by atoms with van der Waals surface area (Å²) in [5.74, 6) is -0.806. The molecule has 5 rings (SSSR count). The number of sulfonamides is 1. The quantitative estimate of drug-likeness (QED) is 0.162. The Morgan fingerprint density at radius 2 is 1.42 bits per heavy atom. The Bertz CT molecular complexity index is 1810. The lowest BCUT2D eigenvalue weighted by Gasteiger charge is -2.35. The second-order valence-corrected chi connectivity index (χ2v) is 15.2. The maximum Gasteiger partial charge on any atom is 0.264 e. The molecule has 1 saturated carbocycles. The molecular formula is C38H41Cl2N3O4S. The minimum Gasteiger partial charge on any atom is -0.352 e. The lowest BCUT2D eigenvalue weighted by Crippen LogP contribution is -2.55. The molecule has 1 fully saturated rings. The number of halogens is 2. The predicted octanol–water partition coefficient (Wildman–Crippen LogP) is 7.89. The summed E-state index contributed by atoms with van der Waals surface area (Å²) in [6.45, 7) is 3.27. The molecule has 252 valence electrons. The average molecular weight is 707 g/mol. The summed E-state index contributed by atoms with van der Waals surface area (Å²) < 4.78 is 29.6. The fourth-order valence-electron chi connectivity index (χ4n) is 6.01. The van der Waals surface area contributed by atoms with E-state index in [9.17, 15) is 18.0 Å². The molecule has 0 bridgehead atoms. The van der Waals surface area contributed by atoms with Crippen LogP contribution in [0.5, 0.6) is 0 Å². The van der Waals surface area contributed by atoms with Gasteiger partial charge in [-0.1, -0.05) is 114 Å². The van der Waals surface area contributed by atoms with Gasteiger partial charge in [-0.15, -0.1) is 0 Å². The van der Waals surface area contributed by atoms with Gasteiger partial charge < -0.3 is 10.2 Å². The van der Waals surface area contributed by atoms with Crippen molar-refractivity contribution in [2.24, 2.45) is 0 Å². The molecule has 0 saturated heterocycles. The van der Waals surface area contributed by atoms with Gasteiger partial charge in [0, 0.05) is 19.0 Å². The van der Waals surface area contributed by atoms with Crippen molar-refractivity contribution in [1.29, 1.82) is 0 Å². The largest absolute Gasteiger partial charge is 0.352 e. The highest BCUT2D eigenvalue weighted by Gasteiger charge is 2.35. The Kier molecular flexibility index (Phi) is 11.8. The van der Waals surface area contributed by atoms with E-state index in [4.69, 9.17) is 23.2 Å². The van der Waals surface area contributed by atoms with Crippen LogP contribution in [0.25, 0.3) is 0 Å². The third-order valence-corrected chi connectivity index (χ3v) is 11.3. The van der Waals surface area contributed by atoms with E-state index in [0.29, 0.717) is 21.3 Å². The van der Waals surface area contributed by atoms with E-state index in [2.05, 4.69) is 5.32 Å². The highest BCUT2D eigenvalue weighted by molar-refractivity contribution is 7.92. The number of benzene rings is 4. The molecule has 0 unspecified atom stereocenters. The van der Waals surface area contributed by atoms with Gasteiger partial charge in [0.25, 0.3) is 10.0 Å². The van der Waals surface area contributed by atoms with Crippen LogP contribution in [0.15, 0.2) is 102 Å². The van der Waals surface area contributed by atoms with E-state index < -0.39 is 28.5 Å². The van der Waals surface area contributed by atoms with E-state index in [1.807, 2.05) is 44.2 Å². The predicted molar refractivity (Wildman–Crippen MR) is 193 cm³/mol. The van der Waals surface area contributed by atoms with Crippen molar-refractivity contribution in [3.8, 4) is 0 Å². The average Bonchev–Trinajstić information content (AvgIpc) is 3.08. The van der Waals surface area contributed by atoms with Gasteiger partial charge in [-0.3, -0.25) is 13.9 Å². The molecule has 1 aliphatic rings. The minimum absolute atomic E-state index is 0.0115. The molecule has 48 heavy (non-hydrogen) atoms. The maximum atomic E-state index is 14.7. The van der Waals surface area contributed by atoms with Crippen molar-refractivity contribution in [2.45, 2.75) is 75.9 Å². The van der Waals surface area contributed by atoms with E-state index in [0.717, 1.165) is 53.1 Å². The summed E-state index contributed by atoms with van der Waals surface area (Å²) in [6.07, 6.45) is 5.18. The van der Waals surface area contributed by atoms with Crippen LogP contribution >= 0.6 is 23.2 Å². The first-order chi connectivity index (χ1) is 23.0. The van der Waals surface area contributed by atoms with Gasteiger partial charge in [0.1, 0.15) is 12.6 Å². The van der Waals surface area contributed by atoms with E-state index >= 15 is 0 Å². The second kappa shape index (κ2) is 16.0. The minimum atomic E-state index is -4.18. The van der Waals surface area contributed by atoms with E-state index in [-0.39, 0.29) is 29.8 Å². The fourth-order valence-corrected chi connectivity index (χ4v) is 7.75. The van der Waals surface area contributed by atoms with Crippen LogP contribution in [0.2, 0.25) is 10.0 Å². The lowest BCUT2D eigenvalue weighted by atomic mass is 9.94. The molecule has 1 N–H and O–H groups in total. The molecule has 2 amide bonds. The Hall–Kier alpha value is -3.85. The molecular weight excluding hydrogens is 665 g/mol. The first kappa shape index (κ1) is 35.5. The Labute approximate surface area is 293 Å². The van der Waals surface area contributed by atoms with E-state index in [1.165, 1.54) is 4.90 Å². The van der Waals surface area contributed by atoms with Gasteiger partial charge in [-0.25, -0.2) is 8.42 Å². The van der Waals surface area contributed by atoms with Gasteiger partial charge >= 0.3 is 0 Å². The van der Waals surface area contributed by atoms with Crippen molar-refractivity contribution >= 4 is 50.7 Å². The number of aryl methyl sites for hydroxylation is 2. The zero-order chi connectivity index (χ0) is 34.3. The molecule has 1 aliphatic carbocycles. The Balaban J connectivity index is 1.57. The molecule has 4 aromatic rings. The summed E-state index contributed by atoms with van der Waals surface area (Å²) in [6, 6.07) is 27.2. The van der Waals surface area contributed by atoms with Crippen LogP contribution in [-0.2, 0) is 32.6 Å². The van der Waals surface area contributed by atoms with Crippen molar-refractivity contribution in [3.63, 3.8) is 0 Å². The zero-order valence-corrected chi connectivity index (χ0v) is 29.6. The third kappa shape index (κ3) is 8.98. The summed E-state index contributed by atoms with van der Waals surface area (Å²) in [5, 5.41) is 3.90. The van der Waals surface area contributed by atoms with Crippen LogP contribution in [0.1, 0.15) is 54.4 Å². The van der Waals surface area contributed by atoms with Crippen molar-refractivity contribution < 1.29 is 18.0 Å². The maximum absolute atomic E-state index is 14.7. The number of carbonyl (C=O) groups is 2. The molecule has 4 aromatic carbocycles. The summed E-state index contributed by atoms with van der Waals surface area (Å²) in [4.78, 5) is 30.5. The van der Waals surface area contributed by atoms with Gasteiger partial charge in [-0.2, -0.15) is 0 Å². The highest BCUT2D eigenvalue weighted by atomic mass is 35.5. The number of nitrogens with zero attached hydrogens (tertiary/aromatic N) is 2. The van der Waals surface area contributed by atoms with Crippen molar-refractivity contribution in [2.75, 3.05) is 10.8 Å². The van der Waals surface area contributed by atoms with Crippen LogP contribution in [0.4, 0.5) is 5.69 Å². The topological polar surface area (TPSA) is 86.8 Å². The van der Waals surface area contributed by atoms with Gasteiger partial charge in [0.2, 0.25) is 11.8 Å². The van der Waals surface area contributed by atoms with Crippen LogP contribution in [0.3, 0.4) is 0 Å². The summed E-state index contributed by atoms with van der Waals surface area (Å²) in [7, 11) is -4.18. The number of hydrogen-bond acceptors (Lipinski definition) is 4. The van der Waals surface area contributed by atoms with Gasteiger partial charge in [0.15, 0.2) is 0 Å². The number of hydrogen-bond donors (Lipinski definition) is 1. The van der Waals surface area contributed by atoms with Gasteiger partial charge in [0.05, 0.1) is 20.6 Å². The SMILES string of the molecule is Cc1ccc(N(CC(=O)N(Cc2ccc(Cl)c(Cl)c2)[C@H](Cc2ccccc2)C(=O)NC2CCCCC2)S(=O)(=O)c2ccc(C)cc2)cc1. The molecule has 1 atom stereocenters. The Morgan fingerprint density at radius 1 is 0.792 bits per heavy atom. The molecule has 10 heteroatoms. The number of amides is 2. The zero-order valence-electron chi connectivity index (χ0n) is 27.2. The van der Waals surface area contributed by atoms with Crippen molar-refractivity contribution in [3.05, 3.63) is 129 Å². The highest BCUT2D eigenvalue weighted by Crippen LogP contribution is 2.28. The number of nitrogens with one attached hydrogen (secondary N) is 1. The number of rotatable bonds is 12. The summed E-state index contributed by atoms with van der Waals surface area (Å²) >= 11 is 12.6. The van der Waals surface area contributed by atoms with Crippen LogP contribution in [0, 0.1) is 13.8 Å². The Morgan fingerprint density at radius 3 is 2.04 bits per heavy atom. The molecule has 0 radical (unpaired) electrons. The third-order valence-electron chi connectivity index (χ3n) is 8.77. The summed E-state index contributed by atoms with van der Waals surface area (Å²) in [5.41, 5.74) is 3.73. The van der Waals surface area contributed by atoms with Crippen LogP contribution in [-0.4, -0.2) is 43.8 Å². The standard InChI is InChI=1S/C38H41Cl2N3O4S/c1-27-13-18-32(19-14-27)43(48(46,47)33-20-15-28(2)16-21-33)26-37(44)42(25-30-17-22-34(39)35(40)23-30)36(24-29-9-5-3-6-10-29)38(45)41-31-11-7-4-8-12-31/h3,5-6,9-10,13-23,31,36H,4,7-8,11-12,24-26H2,1-2H3,(H,41,45)/t36-/m1/s1. The fraction of sp³-hybridized carbons (Fsp3) is 0.316.